The molecule has 0 aromatic carbocycles. The molecule has 10 heteroatoms. The van der Waals surface area contributed by atoms with Gasteiger partial charge in [0.2, 0.25) is 0 Å². The van der Waals surface area contributed by atoms with E-state index in [4.69, 9.17) is 4.74 Å². The maximum absolute atomic E-state index is 12.0. The van der Waals surface area contributed by atoms with Gasteiger partial charge in [0.25, 0.3) is 0 Å². The first kappa shape index (κ1) is 28.4. The second-order valence-corrected chi connectivity index (χ2v) is 9.81. The van der Waals surface area contributed by atoms with Crippen molar-refractivity contribution in [3.05, 3.63) is 0 Å². The van der Waals surface area contributed by atoms with Crippen molar-refractivity contribution in [2.75, 3.05) is 25.6 Å². The molecule has 0 aromatic heterocycles. The Bertz CT molecular complexity index is 562. The number of aliphatic imine (C=N–C) groups is 1. The topological polar surface area (TPSA) is 109 Å². The van der Waals surface area contributed by atoms with Gasteiger partial charge in [0.15, 0.2) is 5.96 Å². The Labute approximate surface area is 181 Å². The van der Waals surface area contributed by atoms with E-state index in [2.05, 4.69) is 20.9 Å². The molecule has 8 nitrogen and oxygen atoms in total. The molecule has 0 aliphatic heterocycles. The maximum atomic E-state index is 12.0. The van der Waals surface area contributed by atoms with Crippen molar-refractivity contribution in [1.82, 2.24) is 16.0 Å². The van der Waals surface area contributed by atoms with Gasteiger partial charge in [-0.3, -0.25) is 4.99 Å². The minimum atomic E-state index is -2.98. The molecule has 0 rings (SSSR count). The zero-order valence-electron chi connectivity index (χ0n) is 17.6. The van der Waals surface area contributed by atoms with Gasteiger partial charge in [0.05, 0.1) is 5.75 Å². The van der Waals surface area contributed by atoms with Crippen molar-refractivity contribution < 1.29 is 17.9 Å². The van der Waals surface area contributed by atoms with E-state index in [1.807, 2.05) is 34.6 Å². The standard InChI is InChI=1S/C17H36N4O4S.HI/c1-8-9-14(21-16(22)25-17(3,4)5)12-19-15(18-6)20-13(2)10-11-26(7,23)24;/h13-14H,8-12H2,1-7H3,(H,21,22)(H2,18,19,20);1H. The Morgan fingerprint density at radius 3 is 2.22 bits per heavy atom. The first-order valence-electron chi connectivity index (χ1n) is 9.00. The predicted octanol–water partition coefficient (Wildman–Crippen LogP) is 2.29. The first-order chi connectivity index (χ1) is 11.9. The molecule has 0 saturated carbocycles. The lowest BCUT2D eigenvalue weighted by molar-refractivity contribution is 0.0502. The molecule has 3 N–H and O–H groups in total. The number of guanidine groups is 1. The van der Waals surface area contributed by atoms with E-state index in [1.165, 1.54) is 6.26 Å². The molecule has 0 fully saturated rings. The smallest absolute Gasteiger partial charge is 0.407 e. The molecule has 0 heterocycles. The molecule has 2 atom stereocenters. The summed E-state index contributed by atoms with van der Waals surface area (Å²) in [5, 5.41) is 9.20. The lowest BCUT2D eigenvalue weighted by Gasteiger charge is -2.25. The number of hydrogen-bond donors (Lipinski definition) is 3. The zero-order chi connectivity index (χ0) is 20.4. The third kappa shape index (κ3) is 17.1. The molecule has 0 bridgehead atoms. The van der Waals surface area contributed by atoms with E-state index in [-0.39, 0.29) is 41.8 Å². The lowest BCUT2D eigenvalue weighted by atomic mass is 10.1. The highest BCUT2D eigenvalue weighted by Crippen LogP contribution is 2.07. The van der Waals surface area contributed by atoms with Crippen LogP contribution >= 0.6 is 24.0 Å². The van der Waals surface area contributed by atoms with Crippen molar-refractivity contribution in [2.45, 2.75) is 71.6 Å². The number of halogens is 1. The van der Waals surface area contributed by atoms with Gasteiger partial charge in [-0.1, -0.05) is 13.3 Å². The van der Waals surface area contributed by atoms with Crippen LogP contribution in [0.25, 0.3) is 0 Å². The summed E-state index contributed by atoms with van der Waals surface area (Å²) in [6.45, 7) is 9.91. The molecule has 0 aromatic rings. The number of nitrogens with one attached hydrogen (secondary N) is 3. The summed E-state index contributed by atoms with van der Waals surface area (Å²) in [5.41, 5.74) is -0.541. The van der Waals surface area contributed by atoms with Crippen LogP contribution in [-0.2, 0) is 14.6 Å². The zero-order valence-corrected chi connectivity index (χ0v) is 20.7. The number of hydrogen-bond acceptors (Lipinski definition) is 5. The third-order valence-corrected chi connectivity index (χ3v) is 4.38. The minimum Gasteiger partial charge on any atom is -0.444 e. The van der Waals surface area contributed by atoms with Crippen molar-refractivity contribution >= 4 is 45.9 Å². The molecule has 162 valence electrons. The molecule has 0 radical (unpaired) electrons. The summed E-state index contributed by atoms with van der Waals surface area (Å²) in [4.78, 5) is 16.1. The highest BCUT2D eigenvalue weighted by atomic mass is 127. The SMILES string of the molecule is CCCC(CNC(=NC)NC(C)CCS(C)(=O)=O)NC(=O)OC(C)(C)C.I. The number of carbonyl (C=O) groups is 1. The molecule has 2 unspecified atom stereocenters. The summed E-state index contributed by atoms with van der Waals surface area (Å²) in [7, 11) is -1.34. The van der Waals surface area contributed by atoms with E-state index in [0.29, 0.717) is 18.9 Å². The van der Waals surface area contributed by atoms with Crippen LogP contribution in [0.1, 0.15) is 53.9 Å². The second-order valence-electron chi connectivity index (χ2n) is 7.55. The van der Waals surface area contributed by atoms with E-state index in [1.54, 1.807) is 7.05 Å². The fourth-order valence-corrected chi connectivity index (χ4v) is 2.94. The van der Waals surface area contributed by atoms with Crippen LogP contribution in [0, 0.1) is 0 Å². The number of amides is 1. The second kappa shape index (κ2) is 13.4. The van der Waals surface area contributed by atoms with E-state index in [0.717, 1.165) is 12.8 Å². The molecule has 27 heavy (non-hydrogen) atoms. The van der Waals surface area contributed by atoms with Crippen LogP contribution < -0.4 is 16.0 Å². The molecule has 0 spiro atoms. The largest absolute Gasteiger partial charge is 0.444 e. The average Bonchev–Trinajstić information content (AvgIpc) is 2.46. The van der Waals surface area contributed by atoms with Crippen LogP contribution in [0.4, 0.5) is 4.79 Å². The van der Waals surface area contributed by atoms with E-state index in [9.17, 15) is 13.2 Å². The summed E-state index contributed by atoms with van der Waals surface area (Å²) in [5.74, 6) is 0.690. The number of rotatable bonds is 9. The monoisotopic (exact) mass is 520 g/mol. The van der Waals surface area contributed by atoms with Gasteiger partial charge < -0.3 is 20.7 Å². The number of sulfone groups is 1. The number of nitrogens with zero attached hydrogens (tertiary/aromatic N) is 1. The summed E-state index contributed by atoms with van der Waals surface area (Å²) < 4.78 is 27.8. The molecule has 0 aliphatic rings. The van der Waals surface area contributed by atoms with Gasteiger partial charge in [0.1, 0.15) is 15.4 Å². The van der Waals surface area contributed by atoms with Crippen LogP contribution in [0.3, 0.4) is 0 Å². The fourth-order valence-electron chi connectivity index (χ4n) is 2.16. The highest BCUT2D eigenvalue weighted by Gasteiger charge is 2.19. The van der Waals surface area contributed by atoms with Crippen LogP contribution in [-0.4, -0.2) is 63.8 Å². The number of carbonyl (C=O) groups excluding carboxylic acids is 1. The number of alkyl carbamates (subject to hydrolysis) is 1. The van der Waals surface area contributed by atoms with Gasteiger partial charge >= 0.3 is 6.09 Å². The molecule has 0 aliphatic carbocycles. The Morgan fingerprint density at radius 1 is 1.19 bits per heavy atom. The average molecular weight is 520 g/mol. The molecular weight excluding hydrogens is 483 g/mol. The Kier molecular flexibility index (Phi) is 14.1. The van der Waals surface area contributed by atoms with Gasteiger partial charge in [-0.2, -0.15) is 0 Å². The van der Waals surface area contributed by atoms with Crippen molar-refractivity contribution in [1.29, 1.82) is 0 Å². The van der Waals surface area contributed by atoms with Crippen molar-refractivity contribution in [3.63, 3.8) is 0 Å². The first-order valence-corrected chi connectivity index (χ1v) is 11.1. The summed E-state index contributed by atoms with van der Waals surface area (Å²) in [6, 6.07) is -0.140. The lowest BCUT2D eigenvalue weighted by Crippen LogP contribution is -2.49. The maximum Gasteiger partial charge on any atom is 0.407 e. The quantitative estimate of drug-likeness (QED) is 0.245. The Balaban J connectivity index is 0. The van der Waals surface area contributed by atoms with Gasteiger partial charge in [0, 0.05) is 31.9 Å². The van der Waals surface area contributed by atoms with Crippen LogP contribution in [0.2, 0.25) is 0 Å². The van der Waals surface area contributed by atoms with E-state index < -0.39 is 21.5 Å². The predicted molar refractivity (Wildman–Crippen MR) is 122 cm³/mol. The highest BCUT2D eigenvalue weighted by molar-refractivity contribution is 14.0. The van der Waals surface area contributed by atoms with Gasteiger partial charge in [-0.15, -0.1) is 24.0 Å². The molecule has 0 saturated heterocycles. The van der Waals surface area contributed by atoms with Crippen LogP contribution in [0.5, 0.6) is 0 Å². The third-order valence-electron chi connectivity index (χ3n) is 3.40. The Morgan fingerprint density at radius 2 is 1.78 bits per heavy atom. The minimum absolute atomic E-state index is 0. The van der Waals surface area contributed by atoms with Gasteiger partial charge in [-0.05, 0) is 40.5 Å². The van der Waals surface area contributed by atoms with Crippen molar-refractivity contribution in [3.8, 4) is 0 Å². The summed E-state index contributed by atoms with van der Waals surface area (Å²) >= 11 is 0. The van der Waals surface area contributed by atoms with Crippen molar-refractivity contribution in [2.24, 2.45) is 4.99 Å². The van der Waals surface area contributed by atoms with E-state index >= 15 is 0 Å². The number of ether oxygens (including phenoxy) is 1. The van der Waals surface area contributed by atoms with Gasteiger partial charge in [-0.25, -0.2) is 13.2 Å². The molecular formula is C17H37IN4O4S. The normalized spacial score (nSPS) is 14.6. The summed E-state index contributed by atoms with van der Waals surface area (Å²) in [6.07, 6.45) is 2.99. The molecule has 1 amide bonds. The Hall–Kier alpha value is -0.780. The van der Waals surface area contributed by atoms with Crippen LogP contribution in [0.15, 0.2) is 4.99 Å². The fraction of sp³-hybridized carbons (Fsp3) is 0.882.